The van der Waals surface area contributed by atoms with Crippen LogP contribution in [0.4, 0.5) is 0 Å². The van der Waals surface area contributed by atoms with E-state index in [2.05, 4.69) is 11.9 Å². The van der Waals surface area contributed by atoms with Crippen LogP contribution in [0.5, 0.6) is 0 Å². The maximum Gasteiger partial charge on any atom is 0.236 e. The van der Waals surface area contributed by atoms with Crippen molar-refractivity contribution in [1.82, 2.24) is 9.80 Å². The molecule has 1 heterocycles. The summed E-state index contributed by atoms with van der Waals surface area (Å²) >= 11 is 5.12. The third-order valence-corrected chi connectivity index (χ3v) is 4.43. The predicted molar refractivity (Wildman–Crippen MR) is 89.3 cm³/mol. The molecule has 4 nitrogen and oxygen atoms in total. The summed E-state index contributed by atoms with van der Waals surface area (Å²) in [6.45, 7) is 1.82. The second kappa shape index (κ2) is 7.00. The van der Waals surface area contributed by atoms with Crippen LogP contribution in [0.1, 0.15) is 24.3 Å². The Kier molecular flexibility index (Phi) is 5.31. The first-order valence-electron chi connectivity index (χ1n) is 7.30. The molecule has 1 aliphatic heterocycles. The van der Waals surface area contributed by atoms with Crippen LogP contribution < -0.4 is 5.73 Å². The van der Waals surface area contributed by atoms with Crippen molar-refractivity contribution in [3.8, 4) is 0 Å². The molecule has 0 bridgehead atoms. The van der Waals surface area contributed by atoms with Crippen molar-refractivity contribution in [2.75, 3.05) is 27.2 Å². The molecular weight excluding hydrogens is 282 g/mol. The van der Waals surface area contributed by atoms with E-state index < -0.39 is 5.92 Å². The van der Waals surface area contributed by atoms with E-state index in [4.69, 9.17) is 18.0 Å². The summed E-state index contributed by atoms with van der Waals surface area (Å²) in [7, 11) is 3.95. The SMILES string of the molecule is CN(CC1CCCN1C)C(=O)C(C(N)=S)c1ccccc1. The zero-order valence-electron chi connectivity index (χ0n) is 12.7. The normalized spacial score (nSPS) is 20.2. The molecule has 1 aliphatic rings. The van der Waals surface area contributed by atoms with E-state index in [-0.39, 0.29) is 10.9 Å². The van der Waals surface area contributed by atoms with Gasteiger partial charge in [0.1, 0.15) is 5.92 Å². The molecule has 5 heteroatoms. The number of nitrogens with two attached hydrogens (primary N) is 1. The van der Waals surface area contributed by atoms with Gasteiger partial charge in [-0.25, -0.2) is 0 Å². The smallest absolute Gasteiger partial charge is 0.236 e. The third-order valence-electron chi connectivity index (χ3n) is 4.20. The van der Waals surface area contributed by atoms with Gasteiger partial charge in [-0.3, -0.25) is 4.79 Å². The van der Waals surface area contributed by atoms with Gasteiger partial charge in [-0.15, -0.1) is 0 Å². The number of hydrogen-bond acceptors (Lipinski definition) is 3. The van der Waals surface area contributed by atoms with Gasteiger partial charge >= 0.3 is 0 Å². The molecule has 1 fully saturated rings. The first-order chi connectivity index (χ1) is 10.0. The van der Waals surface area contributed by atoms with Crippen molar-refractivity contribution in [1.29, 1.82) is 0 Å². The fourth-order valence-corrected chi connectivity index (χ4v) is 3.15. The lowest BCUT2D eigenvalue weighted by Gasteiger charge is -2.28. The van der Waals surface area contributed by atoms with Crippen molar-refractivity contribution in [2.24, 2.45) is 5.73 Å². The number of benzene rings is 1. The Morgan fingerprint density at radius 1 is 1.48 bits per heavy atom. The molecule has 1 saturated heterocycles. The summed E-state index contributed by atoms with van der Waals surface area (Å²) in [5.41, 5.74) is 6.68. The minimum atomic E-state index is -0.530. The highest BCUT2D eigenvalue weighted by molar-refractivity contribution is 7.80. The fraction of sp³-hybridized carbons (Fsp3) is 0.500. The van der Waals surface area contributed by atoms with Crippen LogP contribution in [0.2, 0.25) is 0 Å². The Labute approximate surface area is 131 Å². The lowest BCUT2D eigenvalue weighted by Crippen LogP contribution is -2.43. The Bertz CT molecular complexity index is 506. The molecule has 114 valence electrons. The van der Waals surface area contributed by atoms with Gasteiger partial charge in [0, 0.05) is 19.6 Å². The average molecular weight is 305 g/mol. The molecule has 2 rings (SSSR count). The van der Waals surface area contributed by atoms with E-state index >= 15 is 0 Å². The van der Waals surface area contributed by atoms with Crippen LogP contribution in [-0.2, 0) is 4.79 Å². The fourth-order valence-electron chi connectivity index (χ4n) is 2.91. The molecule has 21 heavy (non-hydrogen) atoms. The molecule has 2 N–H and O–H groups in total. The van der Waals surface area contributed by atoms with Crippen LogP contribution in [0.15, 0.2) is 30.3 Å². The first kappa shape index (κ1) is 15.9. The zero-order chi connectivity index (χ0) is 15.4. The summed E-state index contributed by atoms with van der Waals surface area (Å²) in [6, 6.07) is 9.95. The average Bonchev–Trinajstić information content (AvgIpc) is 2.85. The molecule has 2 atom stereocenters. The van der Waals surface area contributed by atoms with E-state index in [1.165, 1.54) is 6.42 Å². The van der Waals surface area contributed by atoms with E-state index in [0.29, 0.717) is 6.04 Å². The lowest BCUT2D eigenvalue weighted by atomic mass is 9.97. The predicted octanol–water partition coefficient (Wildman–Crippen LogP) is 1.61. The standard InChI is InChI=1S/C16H23N3OS/c1-18-10-6-9-13(18)11-19(2)16(20)14(15(17)21)12-7-4-3-5-8-12/h3-5,7-8,13-14H,6,9-11H2,1-2H3,(H2,17,21). The molecule has 2 unspecified atom stereocenters. The van der Waals surface area contributed by atoms with Crippen molar-refractivity contribution in [3.63, 3.8) is 0 Å². The summed E-state index contributed by atoms with van der Waals surface area (Å²) in [6.07, 6.45) is 2.33. The first-order valence-corrected chi connectivity index (χ1v) is 7.71. The quantitative estimate of drug-likeness (QED) is 0.840. The minimum absolute atomic E-state index is 0.0194. The summed E-state index contributed by atoms with van der Waals surface area (Å²) < 4.78 is 0. The number of carbonyl (C=O) groups excluding carboxylic acids is 1. The van der Waals surface area contributed by atoms with Gasteiger partial charge in [0.25, 0.3) is 0 Å². The minimum Gasteiger partial charge on any atom is -0.392 e. The van der Waals surface area contributed by atoms with Crippen molar-refractivity contribution < 1.29 is 4.79 Å². The Balaban J connectivity index is 2.09. The maximum atomic E-state index is 12.7. The van der Waals surface area contributed by atoms with Crippen molar-refractivity contribution >= 4 is 23.1 Å². The Hall–Kier alpha value is -1.46. The number of rotatable bonds is 5. The van der Waals surface area contributed by atoms with Crippen LogP contribution in [-0.4, -0.2) is 53.9 Å². The van der Waals surface area contributed by atoms with E-state index in [9.17, 15) is 4.79 Å². The maximum absolute atomic E-state index is 12.7. The van der Waals surface area contributed by atoms with Crippen LogP contribution in [0.25, 0.3) is 0 Å². The third kappa shape index (κ3) is 3.80. The lowest BCUT2D eigenvalue weighted by molar-refractivity contribution is -0.130. The van der Waals surface area contributed by atoms with Gasteiger partial charge in [0.15, 0.2) is 0 Å². The monoisotopic (exact) mass is 305 g/mol. The number of likely N-dealkylation sites (N-methyl/N-ethyl adjacent to an activating group) is 2. The second-order valence-corrected chi connectivity index (χ2v) is 6.21. The largest absolute Gasteiger partial charge is 0.392 e. The Morgan fingerprint density at radius 3 is 2.67 bits per heavy atom. The molecule has 1 aromatic rings. The molecule has 0 spiro atoms. The Morgan fingerprint density at radius 2 is 2.14 bits per heavy atom. The molecule has 0 aromatic heterocycles. The molecule has 1 amide bonds. The number of nitrogens with zero attached hydrogens (tertiary/aromatic N) is 2. The number of hydrogen-bond donors (Lipinski definition) is 1. The van der Waals surface area contributed by atoms with E-state index in [1.807, 2.05) is 37.4 Å². The highest BCUT2D eigenvalue weighted by Crippen LogP contribution is 2.21. The number of likely N-dealkylation sites (tertiary alicyclic amines) is 1. The van der Waals surface area contributed by atoms with Crippen molar-refractivity contribution in [2.45, 2.75) is 24.8 Å². The number of amides is 1. The summed E-state index contributed by atoms with van der Waals surface area (Å²) in [5, 5.41) is 0. The van der Waals surface area contributed by atoms with Crippen LogP contribution >= 0.6 is 12.2 Å². The van der Waals surface area contributed by atoms with Gasteiger partial charge in [-0.1, -0.05) is 42.5 Å². The van der Waals surface area contributed by atoms with Crippen LogP contribution in [0.3, 0.4) is 0 Å². The molecule has 0 radical (unpaired) electrons. The van der Waals surface area contributed by atoms with Gasteiger partial charge in [0.2, 0.25) is 5.91 Å². The van der Waals surface area contributed by atoms with Crippen molar-refractivity contribution in [3.05, 3.63) is 35.9 Å². The highest BCUT2D eigenvalue weighted by Gasteiger charge is 2.29. The van der Waals surface area contributed by atoms with Crippen LogP contribution in [0, 0.1) is 0 Å². The van der Waals surface area contributed by atoms with Gasteiger partial charge < -0.3 is 15.5 Å². The number of carbonyl (C=O) groups is 1. The summed E-state index contributed by atoms with van der Waals surface area (Å²) in [4.78, 5) is 17.0. The highest BCUT2D eigenvalue weighted by atomic mass is 32.1. The van der Waals surface area contributed by atoms with Gasteiger partial charge in [-0.05, 0) is 32.0 Å². The summed E-state index contributed by atoms with van der Waals surface area (Å²) in [5.74, 6) is -0.549. The van der Waals surface area contributed by atoms with E-state index in [1.54, 1.807) is 4.90 Å². The number of thiocarbonyl (C=S) groups is 1. The molecular formula is C16H23N3OS. The second-order valence-electron chi connectivity index (χ2n) is 5.74. The zero-order valence-corrected chi connectivity index (χ0v) is 13.5. The van der Waals surface area contributed by atoms with Gasteiger partial charge in [0.05, 0.1) is 4.99 Å². The van der Waals surface area contributed by atoms with E-state index in [0.717, 1.165) is 25.1 Å². The molecule has 1 aromatic carbocycles. The topological polar surface area (TPSA) is 49.6 Å². The molecule has 0 saturated carbocycles. The van der Waals surface area contributed by atoms with Gasteiger partial charge in [-0.2, -0.15) is 0 Å². The molecule has 0 aliphatic carbocycles.